The molecule has 3 heterocycles. The third kappa shape index (κ3) is 2.39. The van der Waals surface area contributed by atoms with Gasteiger partial charge in [-0.3, -0.25) is 14.0 Å². The molecular weight excluding hydrogens is 276 g/mol. The highest BCUT2D eigenvalue weighted by atomic mass is 16.4. The van der Waals surface area contributed by atoms with E-state index in [9.17, 15) is 14.4 Å². The molecule has 0 aromatic carbocycles. The summed E-state index contributed by atoms with van der Waals surface area (Å²) in [4.78, 5) is 36.5. The highest BCUT2D eigenvalue weighted by Crippen LogP contribution is 2.16. The number of carboxylic acids is 1. The molecule has 0 bridgehead atoms. The van der Waals surface area contributed by atoms with Gasteiger partial charge in [0, 0.05) is 19.3 Å². The minimum Gasteiger partial charge on any atom is -0.481 e. The van der Waals surface area contributed by atoms with Gasteiger partial charge in [-0.25, -0.2) is 9.48 Å². The third-order valence-corrected chi connectivity index (χ3v) is 3.66. The number of aromatic nitrogens is 3. The van der Waals surface area contributed by atoms with E-state index in [1.807, 2.05) is 0 Å². The van der Waals surface area contributed by atoms with Crippen molar-refractivity contribution in [2.24, 2.45) is 5.92 Å². The number of hydrogen-bond acceptors (Lipinski definition) is 4. The first-order valence-electron chi connectivity index (χ1n) is 6.61. The highest BCUT2D eigenvalue weighted by molar-refractivity contribution is 5.78. The van der Waals surface area contributed by atoms with Crippen LogP contribution in [0.4, 0.5) is 0 Å². The number of aliphatic carboxylic acids is 1. The van der Waals surface area contributed by atoms with Gasteiger partial charge in [0.15, 0.2) is 5.65 Å². The van der Waals surface area contributed by atoms with Crippen LogP contribution in [0.25, 0.3) is 5.65 Å². The standard InChI is InChI=1S/C13H14N4O4/c18-11(15-6-4-9(7-15)12(19)20)8-17-13(21)16-5-2-1-3-10(16)14-17/h1-3,5,9H,4,6-8H2,(H,19,20)/t9-/m1/s1. The van der Waals surface area contributed by atoms with Crippen molar-refractivity contribution in [3.05, 3.63) is 34.9 Å². The fourth-order valence-corrected chi connectivity index (χ4v) is 2.49. The Morgan fingerprint density at radius 2 is 2.19 bits per heavy atom. The Morgan fingerprint density at radius 1 is 1.38 bits per heavy atom. The van der Waals surface area contributed by atoms with E-state index >= 15 is 0 Å². The number of amides is 1. The average molecular weight is 290 g/mol. The maximum Gasteiger partial charge on any atom is 0.350 e. The Morgan fingerprint density at radius 3 is 2.86 bits per heavy atom. The van der Waals surface area contributed by atoms with Gasteiger partial charge in [-0.1, -0.05) is 6.07 Å². The summed E-state index contributed by atoms with van der Waals surface area (Å²) in [6.07, 6.45) is 2.03. The lowest BCUT2D eigenvalue weighted by atomic mass is 10.1. The van der Waals surface area contributed by atoms with Crippen molar-refractivity contribution in [2.45, 2.75) is 13.0 Å². The molecule has 0 radical (unpaired) electrons. The number of nitrogens with zero attached hydrogens (tertiary/aromatic N) is 4. The van der Waals surface area contributed by atoms with Crippen molar-refractivity contribution in [3.8, 4) is 0 Å². The zero-order valence-electron chi connectivity index (χ0n) is 11.2. The van der Waals surface area contributed by atoms with E-state index in [1.165, 1.54) is 9.30 Å². The monoisotopic (exact) mass is 290 g/mol. The van der Waals surface area contributed by atoms with Gasteiger partial charge >= 0.3 is 11.7 Å². The van der Waals surface area contributed by atoms with Gasteiger partial charge in [0.1, 0.15) is 6.54 Å². The van der Waals surface area contributed by atoms with E-state index in [1.54, 1.807) is 24.4 Å². The number of likely N-dealkylation sites (tertiary alicyclic amines) is 1. The summed E-state index contributed by atoms with van der Waals surface area (Å²) in [5.41, 5.74) is 0.0908. The molecule has 0 saturated carbocycles. The fourth-order valence-electron chi connectivity index (χ4n) is 2.49. The van der Waals surface area contributed by atoms with Crippen LogP contribution in [-0.2, 0) is 16.1 Å². The second kappa shape index (κ2) is 5.04. The Bertz CT molecular complexity index is 763. The van der Waals surface area contributed by atoms with Gasteiger partial charge in [0.2, 0.25) is 5.91 Å². The van der Waals surface area contributed by atoms with Crippen LogP contribution in [0.3, 0.4) is 0 Å². The van der Waals surface area contributed by atoms with Crippen molar-refractivity contribution in [3.63, 3.8) is 0 Å². The molecular formula is C13H14N4O4. The minimum absolute atomic E-state index is 0.174. The van der Waals surface area contributed by atoms with E-state index in [4.69, 9.17) is 5.11 Å². The first kappa shape index (κ1) is 13.3. The zero-order valence-corrected chi connectivity index (χ0v) is 11.2. The predicted molar refractivity (Wildman–Crippen MR) is 71.8 cm³/mol. The van der Waals surface area contributed by atoms with Crippen LogP contribution in [0, 0.1) is 5.92 Å². The van der Waals surface area contributed by atoms with Crippen LogP contribution in [-0.4, -0.2) is 49.2 Å². The quantitative estimate of drug-likeness (QED) is 0.816. The number of pyridine rings is 1. The molecule has 1 N–H and O–H groups in total. The summed E-state index contributed by atoms with van der Waals surface area (Å²) >= 11 is 0. The molecule has 1 amide bonds. The summed E-state index contributed by atoms with van der Waals surface area (Å²) in [6.45, 7) is 0.418. The van der Waals surface area contributed by atoms with Crippen LogP contribution in [0.2, 0.25) is 0 Å². The topological polar surface area (TPSA) is 96.9 Å². The molecule has 0 aliphatic carbocycles. The molecule has 8 heteroatoms. The second-order valence-corrected chi connectivity index (χ2v) is 5.03. The SMILES string of the molecule is O=C(O)[C@@H]1CCN(C(=O)Cn2nc3ccccn3c2=O)C1. The van der Waals surface area contributed by atoms with Gasteiger partial charge in [-0.2, -0.15) is 0 Å². The third-order valence-electron chi connectivity index (χ3n) is 3.66. The first-order chi connectivity index (χ1) is 10.1. The molecule has 2 aromatic heterocycles. The van der Waals surface area contributed by atoms with Gasteiger partial charge < -0.3 is 10.0 Å². The maximum atomic E-state index is 12.1. The van der Waals surface area contributed by atoms with Crippen LogP contribution in [0.15, 0.2) is 29.2 Å². The van der Waals surface area contributed by atoms with Gasteiger partial charge in [0.05, 0.1) is 5.92 Å². The van der Waals surface area contributed by atoms with Crippen LogP contribution < -0.4 is 5.69 Å². The van der Waals surface area contributed by atoms with E-state index < -0.39 is 11.9 Å². The summed E-state index contributed by atoms with van der Waals surface area (Å²) in [5.74, 6) is -1.70. The summed E-state index contributed by atoms with van der Waals surface area (Å²) in [6, 6.07) is 5.14. The number of carbonyl (C=O) groups is 2. The predicted octanol–water partition coefficient (Wildman–Crippen LogP) is -0.571. The molecule has 1 fully saturated rings. The molecule has 1 saturated heterocycles. The van der Waals surface area contributed by atoms with Crippen molar-refractivity contribution in [1.82, 2.24) is 19.1 Å². The van der Waals surface area contributed by atoms with Crippen LogP contribution in [0.1, 0.15) is 6.42 Å². The normalized spacial score (nSPS) is 18.3. The number of carbonyl (C=O) groups excluding carboxylic acids is 1. The largest absolute Gasteiger partial charge is 0.481 e. The molecule has 1 aliphatic heterocycles. The van der Waals surface area contributed by atoms with Crippen molar-refractivity contribution in [2.75, 3.05) is 13.1 Å². The number of hydrogen-bond donors (Lipinski definition) is 1. The Hall–Kier alpha value is -2.64. The molecule has 2 aromatic rings. The smallest absolute Gasteiger partial charge is 0.350 e. The van der Waals surface area contributed by atoms with Gasteiger partial charge in [0.25, 0.3) is 0 Å². The van der Waals surface area contributed by atoms with Gasteiger partial charge in [-0.05, 0) is 18.6 Å². The Balaban J connectivity index is 1.77. The minimum atomic E-state index is -0.893. The summed E-state index contributed by atoms with van der Waals surface area (Å²) in [7, 11) is 0. The second-order valence-electron chi connectivity index (χ2n) is 5.03. The lowest BCUT2D eigenvalue weighted by Crippen LogP contribution is -2.36. The summed E-state index contributed by atoms with van der Waals surface area (Å²) < 4.78 is 2.46. The van der Waals surface area contributed by atoms with Crippen molar-refractivity contribution < 1.29 is 14.7 Å². The molecule has 3 rings (SSSR count). The Labute approximate surface area is 119 Å². The van der Waals surface area contributed by atoms with E-state index in [0.717, 1.165) is 4.68 Å². The van der Waals surface area contributed by atoms with Crippen LogP contribution in [0.5, 0.6) is 0 Å². The number of rotatable bonds is 3. The molecule has 110 valence electrons. The number of fused-ring (bicyclic) bond motifs is 1. The molecule has 21 heavy (non-hydrogen) atoms. The van der Waals surface area contributed by atoms with Crippen LogP contribution >= 0.6 is 0 Å². The van der Waals surface area contributed by atoms with Crippen molar-refractivity contribution >= 4 is 17.5 Å². The first-order valence-corrected chi connectivity index (χ1v) is 6.61. The van der Waals surface area contributed by atoms with Crippen molar-refractivity contribution in [1.29, 1.82) is 0 Å². The van der Waals surface area contributed by atoms with E-state index in [0.29, 0.717) is 18.6 Å². The highest BCUT2D eigenvalue weighted by Gasteiger charge is 2.31. The molecule has 1 atom stereocenters. The van der Waals surface area contributed by atoms with Gasteiger partial charge in [-0.15, -0.1) is 5.10 Å². The molecule has 0 unspecified atom stereocenters. The van der Waals surface area contributed by atoms with E-state index in [-0.39, 0.29) is 24.7 Å². The van der Waals surface area contributed by atoms with E-state index in [2.05, 4.69) is 5.10 Å². The fraction of sp³-hybridized carbons (Fsp3) is 0.385. The molecule has 1 aliphatic rings. The lowest BCUT2D eigenvalue weighted by molar-refractivity contribution is -0.141. The summed E-state index contributed by atoms with van der Waals surface area (Å²) in [5, 5.41) is 13.0. The zero-order chi connectivity index (χ0) is 15.0. The molecule has 8 nitrogen and oxygen atoms in total. The average Bonchev–Trinajstić information content (AvgIpc) is 3.06. The number of carboxylic acid groups (broad SMARTS) is 1. The Kier molecular flexibility index (Phi) is 3.20. The molecule has 0 spiro atoms. The lowest BCUT2D eigenvalue weighted by Gasteiger charge is -2.15. The maximum absolute atomic E-state index is 12.1.